The molecule has 1 saturated heterocycles. The molecule has 200 valence electrons. The van der Waals surface area contributed by atoms with E-state index in [2.05, 4.69) is 10.3 Å². The minimum absolute atomic E-state index is 0.0940. The number of hydrogen-bond acceptors (Lipinski definition) is 8. The second-order valence-corrected chi connectivity index (χ2v) is 9.81. The fraction of sp³-hybridized carbons (Fsp3) is 0.214. The number of carbonyl (C=O) groups is 3. The van der Waals surface area contributed by atoms with Gasteiger partial charge in [0.25, 0.3) is 0 Å². The lowest BCUT2D eigenvalue weighted by Crippen LogP contribution is -2.33. The van der Waals surface area contributed by atoms with Crippen LogP contribution >= 0.6 is 11.8 Å². The molecule has 3 aromatic rings. The zero-order chi connectivity index (χ0) is 27.4. The molecule has 2 amide bonds. The summed E-state index contributed by atoms with van der Waals surface area (Å²) < 4.78 is 29.2. The Balaban J connectivity index is 1.31. The van der Waals surface area contributed by atoms with E-state index in [4.69, 9.17) is 14.2 Å². The maximum atomic E-state index is 13.4. The van der Waals surface area contributed by atoms with Gasteiger partial charge in [-0.1, -0.05) is 17.8 Å². The van der Waals surface area contributed by atoms with Crippen LogP contribution in [-0.4, -0.2) is 46.5 Å². The molecule has 0 saturated carbocycles. The highest BCUT2D eigenvalue weighted by Gasteiger charge is 2.39. The number of nitrogens with zero attached hydrogens (tertiary/aromatic N) is 2. The van der Waals surface area contributed by atoms with Crippen molar-refractivity contribution in [2.45, 2.75) is 25.1 Å². The third kappa shape index (κ3) is 6.20. The van der Waals surface area contributed by atoms with E-state index in [1.807, 2.05) is 6.07 Å². The highest BCUT2D eigenvalue weighted by atomic mass is 32.2. The van der Waals surface area contributed by atoms with Crippen molar-refractivity contribution in [2.24, 2.45) is 4.99 Å². The van der Waals surface area contributed by atoms with Crippen molar-refractivity contribution in [3.05, 3.63) is 83.7 Å². The molecule has 0 radical (unpaired) electrons. The zero-order valence-corrected chi connectivity index (χ0v) is 21.7. The van der Waals surface area contributed by atoms with Gasteiger partial charge in [0, 0.05) is 12.1 Å². The minimum atomic E-state index is -0.711. The molecule has 2 aliphatic heterocycles. The third-order valence-corrected chi connectivity index (χ3v) is 7.07. The lowest BCUT2D eigenvalue weighted by molar-refractivity contribution is -0.128. The fourth-order valence-electron chi connectivity index (χ4n) is 4.00. The number of amidine groups is 1. The average molecular weight is 550 g/mol. The van der Waals surface area contributed by atoms with Crippen molar-refractivity contribution in [1.29, 1.82) is 0 Å². The van der Waals surface area contributed by atoms with Crippen molar-refractivity contribution < 1.29 is 33.0 Å². The van der Waals surface area contributed by atoms with Crippen molar-refractivity contribution in [1.82, 2.24) is 4.90 Å². The number of nitrogens with one attached hydrogen (secondary N) is 1. The number of fused-ring (bicyclic) bond motifs is 1. The number of anilines is 1. The molecule has 0 aromatic heterocycles. The molecule has 1 unspecified atom stereocenters. The number of esters is 1. The number of carbonyl (C=O) groups excluding carboxylic acids is 3. The largest absolute Gasteiger partial charge is 0.462 e. The van der Waals surface area contributed by atoms with E-state index < -0.39 is 17.0 Å². The van der Waals surface area contributed by atoms with Gasteiger partial charge >= 0.3 is 5.97 Å². The van der Waals surface area contributed by atoms with Gasteiger partial charge in [-0.2, -0.15) is 0 Å². The summed E-state index contributed by atoms with van der Waals surface area (Å²) in [6.45, 7) is 2.33. The van der Waals surface area contributed by atoms with Crippen molar-refractivity contribution >= 4 is 46.1 Å². The Morgan fingerprint density at radius 2 is 1.82 bits per heavy atom. The number of aliphatic imine (C=N–C) groups is 1. The van der Waals surface area contributed by atoms with Crippen LogP contribution in [0.15, 0.2) is 71.7 Å². The zero-order valence-electron chi connectivity index (χ0n) is 20.9. The monoisotopic (exact) mass is 549 g/mol. The lowest BCUT2D eigenvalue weighted by atomic mass is 10.1. The molecule has 0 aliphatic carbocycles. The summed E-state index contributed by atoms with van der Waals surface area (Å²) in [4.78, 5) is 44.2. The highest BCUT2D eigenvalue weighted by Crippen LogP contribution is 2.36. The normalized spacial score (nSPS) is 17.0. The van der Waals surface area contributed by atoms with Gasteiger partial charge in [0.05, 0.1) is 24.4 Å². The van der Waals surface area contributed by atoms with Crippen LogP contribution in [0.25, 0.3) is 0 Å². The molecule has 9 nitrogen and oxygen atoms in total. The van der Waals surface area contributed by atoms with Crippen molar-refractivity contribution in [3.8, 4) is 11.5 Å². The van der Waals surface area contributed by atoms with Gasteiger partial charge < -0.3 is 19.5 Å². The number of thioether (sulfide) groups is 1. The van der Waals surface area contributed by atoms with Crippen LogP contribution in [-0.2, 0) is 20.9 Å². The summed E-state index contributed by atoms with van der Waals surface area (Å²) >= 11 is 1.18. The first-order valence-corrected chi connectivity index (χ1v) is 13.1. The Morgan fingerprint density at radius 3 is 2.56 bits per heavy atom. The third-order valence-electron chi connectivity index (χ3n) is 5.90. The second kappa shape index (κ2) is 11.6. The Bertz CT molecular complexity index is 1430. The molecule has 0 bridgehead atoms. The van der Waals surface area contributed by atoms with Crippen LogP contribution in [0.3, 0.4) is 0 Å². The maximum Gasteiger partial charge on any atom is 0.338 e. The number of hydrogen-bond donors (Lipinski definition) is 1. The molecule has 1 atom stereocenters. The molecule has 11 heteroatoms. The smallest absolute Gasteiger partial charge is 0.338 e. The van der Waals surface area contributed by atoms with Crippen LogP contribution in [0.1, 0.15) is 29.3 Å². The number of benzene rings is 3. The summed E-state index contributed by atoms with van der Waals surface area (Å²) in [5.41, 5.74) is 2.14. The van der Waals surface area contributed by atoms with E-state index in [-0.39, 0.29) is 38.2 Å². The van der Waals surface area contributed by atoms with E-state index in [9.17, 15) is 18.8 Å². The number of amides is 2. The number of rotatable bonds is 8. The average Bonchev–Trinajstić information content (AvgIpc) is 3.50. The fourth-order valence-corrected chi connectivity index (χ4v) is 5.16. The predicted octanol–water partition coefficient (Wildman–Crippen LogP) is 4.89. The lowest BCUT2D eigenvalue weighted by Gasteiger charge is -2.17. The van der Waals surface area contributed by atoms with Crippen LogP contribution < -0.4 is 14.8 Å². The summed E-state index contributed by atoms with van der Waals surface area (Å²) in [7, 11) is 0. The van der Waals surface area contributed by atoms with Crippen LogP contribution in [0, 0.1) is 5.82 Å². The van der Waals surface area contributed by atoms with Crippen LogP contribution in [0.5, 0.6) is 11.5 Å². The van der Waals surface area contributed by atoms with E-state index in [0.717, 1.165) is 5.56 Å². The van der Waals surface area contributed by atoms with Crippen LogP contribution in [0.4, 0.5) is 15.8 Å². The molecule has 2 heterocycles. The van der Waals surface area contributed by atoms with E-state index in [1.165, 1.54) is 40.9 Å². The van der Waals surface area contributed by atoms with Gasteiger partial charge in [0.2, 0.25) is 18.6 Å². The first-order chi connectivity index (χ1) is 18.9. The summed E-state index contributed by atoms with van der Waals surface area (Å²) in [5, 5.41) is 2.46. The van der Waals surface area contributed by atoms with Crippen molar-refractivity contribution in [2.75, 3.05) is 18.7 Å². The predicted molar refractivity (Wildman–Crippen MR) is 144 cm³/mol. The minimum Gasteiger partial charge on any atom is -0.462 e. The molecule has 2 aliphatic rings. The summed E-state index contributed by atoms with van der Waals surface area (Å²) in [6, 6.07) is 17.4. The summed E-state index contributed by atoms with van der Waals surface area (Å²) in [6.07, 6.45) is -0.0940. The van der Waals surface area contributed by atoms with E-state index >= 15 is 0 Å². The van der Waals surface area contributed by atoms with Gasteiger partial charge in [-0.25, -0.2) is 14.2 Å². The highest BCUT2D eigenvalue weighted by molar-refractivity contribution is 8.15. The van der Waals surface area contributed by atoms with E-state index in [0.29, 0.717) is 33.6 Å². The van der Waals surface area contributed by atoms with Gasteiger partial charge in [-0.05, 0) is 73.2 Å². The topological polar surface area (TPSA) is 107 Å². The van der Waals surface area contributed by atoms with Gasteiger partial charge in [-0.15, -0.1) is 0 Å². The quantitative estimate of drug-likeness (QED) is 0.399. The standard InChI is InChI=1S/C28H24FN3O6S/c1-2-36-27(35)18-4-8-20(9-5-18)30-25(33)14-24-26(34)32(15-17-3-12-22-23(13-17)38-16-37-22)28(39-24)31-21-10-6-19(29)7-11-21/h3-13,24H,2,14-16H2,1H3,(H,30,33). The molecule has 3 aromatic carbocycles. The van der Waals surface area contributed by atoms with Crippen molar-refractivity contribution in [3.63, 3.8) is 0 Å². The Kier molecular flexibility index (Phi) is 7.78. The molecule has 39 heavy (non-hydrogen) atoms. The van der Waals surface area contributed by atoms with E-state index in [1.54, 1.807) is 43.3 Å². The van der Waals surface area contributed by atoms with Crippen LogP contribution in [0.2, 0.25) is 0 Å². The molecular formula is C28H24FN3O6S. The maximum absolute atomic E-state index is 13.4. The molecular weight excluding hydrogens is 525 g/mol. The first-order valence-electron chi connectivity index (χ1n) is 12.2. The van der Waals surface area contributed by atoms with Gasteiger partial charge in [-0.3, -0.25) is 14.5 Å². The Labute approximate surface area is 228 Å². The number of halogens is 1. The molecule has 0 spiro atoms. The first kappa shape index (κ1) is 26.2. The van der Waals surface area contributed by atoms with Gasteiger partial charge in [0.15, 0.2) is 16.7 Å². The van der Waals surface area contributed by atoms with Gasteiger partial charge in [0.1, 0.15) is 11.1 Å². The SMILES string of the molecule is CCOC(=O)c1ccc(NC(=O)CC2SC(=Nc3ccc(F)cc3)N(Cc3ccc4c(c3)OCO4)C2=O)cc1. The Hall–Kier alpha value is -4.38. The Morgan fingerprint density at radius 1 is 1.08 bits per heavy atom. The second-order valence-electron chi connectivity index (χ2n) is 8.64. The molecule has 5 rings (SSSR count). The number of ether oxygens (including phenoxy) is 3. The molecule has 1 N–H and O–H groups in total. The summed E-state index contributed by atoms with van der Waals surface area (Å²) in [5.74, 6) is -0.253. The molecule has 1 fully saturated rings.